The number of benzene rings is 1. The number of pyridine rings is 2. The van der Waals surface area contributed by atoms with Crippen LogP contribution in [0.5, 0.6) is 5.75 Å². The van der Waals surface area contributed by atoms with Crippen molar-refractivity contribution in [3.05, 3.63) is 69.5 Å². The lowest BCUT2D eigenvalue weighted by Crippen LogP contribution is -2.36. The third kappa shape index (κ3) is 4.38. The molecule has 0 aliphatic carbocycles. The highest BCUT2D eigenvalue weighted by atomic mass is 35.5. The minimum Gasteiger partial charge on any atom is -0.486 e. The van der Waals surface area contributed by atoms with Crippen LogP contribution in [0.25, 0.3) is 16.6 Å². The van der Waals surface area contributed by atoms with Gasteiger partial charge in [-0.2, -0.15) is 15.5 Å². The molecule has 1 atom stereocenters. The van der Waals surface area contributed by atoms with Crippen LogP contribution in [-0.2, 0) is 11.8 Å². The van der Waals surface area contributed by atoms with E-state index >= 15 is 0 Å². The Morgan fingerprint density at radius 2 is 2.05 bits per heavy atom. The van der Waals surface area contributed by atoms with Crippen LogP contribution in [0, 0.1) is 11.3 Å². The Hall–Kier alpha value is -3.94. The van der Waals surface area contributed by atoms with E-state index in [1.165, 1.54) is 4.57 Å². The molecule has 5 heterocycles. The first-order valence-electron chi connectivity index (χ1n) is 12.6. The minimum atomic E-state index is -0.339. The summed E-state index contributed by atoms with van der Waals surface area (Å²) in [5.74, 6) is 0.730. The average Bonchev–Trinajstić information content (AvgIpc) is 3.65. The van der Waals surface area contributed by atoms with Crippen LogP contribution in [0.4, 0.5) is 5.69 Å². The Labute approximate surface area is 224 Å². The van der Waals surface area contributed by atoms with Gasteiger partial charge in [0.25, 0.3) is 5.56 Å². The number of rotatable bonds is 5. The third-order valence-corrected chi connectivity index (χ3v) is 7.63. The van der Waals surface area contributed by atoms with E-state index in [4.69, 9.17) is 21.1 Å². The Morgan fingerprint density at radius 1 is 1.21 bits per heavy atom. The highest BCUT2D eigenvalue weighted by Crippen LogP contribution is 2.38. The third-order valence-electron chi connectivity index (χ3n) is 7.33. The van der Waals surface area contributed by atoms with Crippen molar-refractivity contribution in [2.75, 3.05) is 31.2 Å². The normalized spacial score (nSPS) is 18.1. The Balaban J connectivity index is 1.30. The first kappa shape index (κ1) is 24.4. The van der Waals surface area contributed by atoms with Crippen molar-refractivity contribution in [3.8, 4) is 17.5 Å². The maximum atomic E-state index is 13.2. The SMILES string of the molecule is Cn1c(=O)c(C#N)c(N2CCC(c3cnn(-c4cccnc4)n3)CC2)c2cc(Cl)c(OC3CCOC3)cc21. The number of nitriles is 1. The van der Waals surface area contributed by atoms with E-state index in [0.717, 1.165) is 36.0 Å². The van der Waals surface area contributed by atoms with Crippen molar-refractivity contribution in [1.29, 1.82) is 5.26 Å². The zero-order valence-electron chi connectivity index (χ0n) is 20.9. The van der Waals surface area contributed by atoms with Gasteiger partial charge in [0.2, 0.25) is 0 Å². The standard InChI is InChI=1S/C27H26ClN7O3/c1-33-24-12-25(38-19-6-10-37-16-19)22(28)11-20(24)26(21(13-29)27(33)36)34-8-4-17(5-9-34)23-15-31-35(32-23)18-3-2-7-30-14-18/h2-3,7,11-12,14-15,17,19H,4-6,8-10,16H2,1H3. The number of halogens is 1. The maximum absolute atomic E-state index is 13.2. The van der Waals surface area contributed by atoms with Crippen molar-refractivity contribution in [1.82, 2.24) is 24.5 Å². The highest BCUT2D eigenvalue weighted by molar-refractivity contribution is 6.33. The number of fused-ring (bicyclic) bond motifs is 1. The molecule has 3 aromatic heterocycles. The smallest absolute Gasteiger partial charge is 0.270 e. The number of hydrogen-bond donors (Lipinski definition) is 0. The van der Waals surface area contributed by atoms with Crippen molar-refractivity contribution in [2.45, 2.75) is 31.3 Å². The first-order chi connectivity index (χ1) is 18.5. The van der Waals surface area contributed by atoms with Gasteiger partial charge >= 0.3 is 0 Å². The average molecular weight is 532 g/mol. The van der Waals surface area contributed by atoms with Crippen LogP contribution >= 0.6 is 11.6 Å². The highest BCUT2D eigenvalue weighted by Gasteiger charge is 2.28. The zero-order valence-corrected chi connectivity index (χ0v) is 21.6. The largest absolute Gasteiger partial charge is 0.486 e. The molecular formula is C27H26ClN7O3. The molecule has 4 aromatic rings. The monoisotopic (exact) mass is 531 g/mol. The Bertz CT molecular complexity index is 1580. The summed E-state index contributed by atoms with van der Waals surface area (Å²) in [6.45, 7) is 2.49. The number of hydrogen-bond acceptors (Lipinski definition) is 8. The van der Waals surface area contributed by atoms with Crippen LogP contribution in [0.1, 0.15) is 36.4 Å². The predicted molar refractivity (Wildman–Crippen MR) is 142 cm³/mol. The predicted octanol–water partition coefficient (Wildman–Crippen LogP) is 3.59. The summed E-state index contributed by atoms with van der Waals surface area (Å²) < 4.78 is 13.0. The lowest BCUT2D eigenvalue weighted by Gasteiger charge is -2.34. The van der Waals surface area contributed by atoms with E-state index in [1.807, 2.05) is 18.2 Å². The molecule has 0 saturated carbocycles. The van der Waals surface area contributed by atoms with Gasteiger partial charge in [-0.15, -0.1) is 4.80 Å². The van der Waals surface area contributed by atoms with Gasteiger partial charge in [0.15, 0.2) is 0 Å². The molecule has 2 aliphatic rings. The molecule has 0 amide bonds. The number of nitrogens with zero attached hydrogens (tertiary/aromatic N) is 7. The molecule has 2 aliphatic heterocycles. The van der Waals surface area contributed by atoms with Crippen LogP contribution in [0.2, 0.25) is 5.02 Å². The topological polar surface area (TPSA) is 111 Å². The number of piperidine rings is 1. The second-order valence-electron chi connectivity index (χ2n) is 9.63. The molecule has 38 heavy (non-hydrogen) atoms. The van der Waals surface area contributed by atoms with Gasteiger partial charge in [-0.05, 0) is 31.0 Å². The van der Waals surface area contributed by atoms with Crippen LogP contribution in [0.15, 0.2) is 47.7 Å². The molecule has 1 unspecified atom stereocenters. The fourth-order valence-corrected chi connectivity index (χ4v) is 5.49. The van der Waals surface area contributed by atoms with Gasteiger partial charge in [0.1, 0.15) is 29.2 Å². The van der Waals surface area contributed by atoms with E-state index < -0.39 is 0 Å². The van der Waals surface area contributed by atoms with Crippen molar-refractivity contribution in [2.24, 2.45) is 7.05 Å². The van der Waals surface area contributed by atoms with Gasteiger partial charge in [-0.1, -0.05) is 11.6 Å². The van der Waals surface area contributed by atoms with Crippen molar-refractivity contribution >= 4 is 28.2 Å². The first-order valence-corrected chi connectivity index (χ1v) is 13.0. The molecule has 1 aromatic carbocycles. The van der Waals surface area contributed by atoms with Gasteiger partial charge in [-0.3, -0.25) is 9.78 Å². The number of aromatic nitrogens is 5. The van der Waals surface area contributed by atoms with Crippen LogP contribution < -0.4 is 15.2 Å². The number of aryl methyl sites for hydroxylation is 1. The summed E-state index contributed by atoms with van der Waals surface area (Å²) in [5, 5.41) is 20.3. The molecule has 0 bridgehead atoms. The molecule has 0 spiro atoms. The van der Waals surface area contributed by atoms with E-state index in [1.54, 1.807) is 36.5 Å². The fourth-order valence-electron chi connectivity index (χ4n) is 5.29. The van der Waals surface area contributed by atoms with Gasteiger partial charge in [-0.25, -0.2) is 0 Å². The molecule has 10 nitrogen and oxygen atoms in total. The van der Waals surface area contributed by atoms with Crippen LogP contribution in [-0.4, -0.2) is 57.0 Å². The second-order valence-corrected chi connectivity index (χ2v) is 10.0. The molecule has 11 heteroatoms. The summed E-state index contributed by atoms with van der Waals surface area (Å²) >= 11 is 6.66. The van der Waals surface area contributed by atoms with Gasteiger partial charge < -0.3 is 18.9 Å². The summed E-state index contributed by atoms with van der Waals surface area (Å²) in [6, 6.07) is 9.52. The molecule has 2 saturated heterocycles. The lowest BCUT2D eigenvalue weighted by molar-refractivity contribution is 0.141. The molecule has 194 valence electrons. The number of ether oxygens (including phenoxy) is 2. The summed E-state index contributed by atoms with van der Waals surface area (Å²) in [7, 11) is 1.67. The van der Waals surface area contributed by atoms with E-state index in [-0.39, 0.29) is 23.1 Å². The van der Waals surface area contributed by atoms with E-state index in [2.05, 4.69) is 26.2 Å². The quantitative estimate of drug-likeness (QED) is 0.384. The van der Waals surface area contributed by atoms with Gasteiger partial charge in [0, 0.05) is 50.1 Å². The summed E-state index contributed by atoms with van der Waals surface area (Å²) in [6.07, 6.45) is 7.57. The molecular weight excluding hydrogens is 506 g/mol. The number of anilines is 1. The Morgan fingerprint density at radius 3 is 2.76 bits per heavy atom. The minimum absolute atomic E-state index is 0.0741. The van der Waals surface area contributed by atoms with Gasteiger partial charge in [0.05, 0.1) is 47.5 Å². The summed E-state index contributed by atoms with van der Waals surface area (Å²) in [4.78, 5) is 21.1. The molecule has 0 N–H and O–H groups in total. The van der Waals surface area contributed by atoms with Crippen molar-refractivity contribution in [3.63, 3.8) is 0 Å². The maximum Gasteiger partial charge on any atom is 0.270 e. The van der Waals surface area contributed by atoms with Crippen molar-refractivity contribution < 1.29 is 9.47 Å². The lowest BCUT2D eigenvalue weighted by atomic mass is 9.93. The molecule has 0 radical (unpaired) electrons. The van der Waals surface area contributed by atoms with Crippen LogP contribution in [0.3, 0.4) is 0 Å². The molecule has 6 rings (SSSR count). The van der Waals surface area contributed by atoms with E-state index in [0.29, 0.717) is 48.3 Å². The Kier molecular flexibility index (Phi) is 6.47. The molecule has 2 fully saturated rings. The zero-order chi connectivity index (χ0) is 26.2. The second kappa shape index (κ2) is 10.1. The summed E-state index contributed by atoms with van der Waals surface area (Å²) in [5.41, 5.74) is 2.80. The van der Waals surface area contributed by atoms with E-state index in [9.17, 15) is 10.1 Å². The fraction of sp³-hybridized carbons (Fsp3) is 0.370.